The summed E-state index contributed by atoms with van der Waals surface area (Å²) < 4.78 is 66.9. The molecule has 15 heteroatoms. The first kappa shape index (κ1) is 28.9. The van der Waals surface area contributed by atoms with Crippen LogP contribution in [0.15, 0.2) is 36.7 Å². The Morgan fingerprint density at radius 3 is 2.50 bits per heavy atom. The molecule has 222 valence electrons. The van der Waals surface area contributed by atoms with Gasteiger partial charge in [-0.25, -0.2) is 28.1 Å². The van der Waals surface area contributed by atoms with Crippen LogP contribution >= 0.6 is 23.2 Å². The Labute approximate surface area is 247 Å². The van der Waals surface area contributed by atoms with Crippen molar-refractivity contribution in [3.05, 3.63) is 75.3 Å². The normalized spacial score (nSPS) is 23.0. The number of halogens is 5. The molecular formula is C27H25Cl2F3N6O4. The lowest BCUT2D eigenvalue weighted by atomic mass is 10.1. The molecule has 4 heterocycles. The van der Waals surface area contributed by atoms with Gasteiger partial charge in [0, 0.05) is 6.54 Å². The van der Waals surface area contributed by atoms with E-state index in [-0.39, 0.29) is 24.6 Å². The first-order chi connectivity index (χ1) is 20.0. The third-order valence-corrected chi connectivity index (χ3v) is 7.65. The molecule has 0 unspecified atom stereocenters. The number of benzene rings is 2. The second-order valence-corrected chi connectivity index (χ2v) is 11.2. The van der Waals surface area contributed by atoms with E-state index < -0.39 is 47.8 Å². The fraction of sp³-hybridized carbons (Fsp3) is 0.370. The van der Waals surface area contributed by atoms with Crippen LogP contribution in [0, 0.1) is 17.5 Å². The molecule has 3 N–H and O–H groups in total. The molecule has 42 heavy (non-hydrogen) atoms. The van der Waals surface area contributed by atoms with E-state index in [9.17, 15) is 13.2 Å². The molecule has 2 aliphatic heterocycles. The van der Waals surface area contributed by atoms with E-state index in [2.05, 4.69) is 20.3 Å². The van der Waals surface area contributed by atoms with Crippen LogP contribution in [0.2, 0.25) is 10.0 Å². The summed E-state index contributed by atoms with van der Waals surface area (Å²) in [6.07, 6.45) is -1.32. The van der Waals surface area contributed by atoms with Crippen molar-refractivity contribution in [1.29, 1.82) is 0 Å². The largest absolute Gasteiger partial charge is 0.382 e. The lowest BCUT2D eigenvalue weighted by Crippen LogP contribution is -2.32. The summed E-state index contributed by atoms with van der Waals surface area (Å²) in [6, 6.07) is 7.02. The summed E-state index contributed by atoms with van der Waals surface area (Å²) in [6.45, 7) is 3.68. The van der Waals surface area contributed by atoms with E-state index in [0.29, 0.717) is 33.7 Å². The summed E-state index contributed by atoms with van der Waals surface area (Å²) in [4.78, 5) is 13.1. The zero-order valence-corrected chi connectivity index (χ0v) is 23.8. The zero-order valence-electron chi connectivity index (χ0n) is 22.3. The van der Waals surface area contributed by atoms with Gasteiger partial charge in [0.15, 0.2) is 46.4 Å². The standard InChI is InChI=1S/C27H25Cl2F3N6O4/c1-27(2)41-21-18(10-39-9-13-6-16(30)19(32)17(31)7-13)40-25(22(21)42-27)38-24-20(23(33)35-11-36-24)37-26(38)34-8-12-3-4-14(28)15(29)5-12/h3-7,11,18,21-22,25H,8-10H2,1-2H3,(H,34,37)(H2,33,35,36)/t18-,21-,22-,25-/m1/s1. The van der Waals surface area contributed by atoms with Crippen LogP contribution in [0.4, 0.5) is 24.9 Å². The minimum absolute atomic E-state index is 0.0203. The van der Waals surface area contributed by atoms with Crippen LogP contribution in [-0.4, -0.2) is 50.2 Å². The predicted molar refractivity (Wildman–Crippen MR) is 147 cm³/mol. The van der Waals surface area contributed by atoms with Gasteiger partial charge in [0.1, 0.15) is 24.6 Å². The van der Waals surface area contributed by atoms with Crippen molar-refractivity contribution in [2.24, 2.45) is 0 Å². The first-order valence-electron chi connectivity index (χ1n) is 12.9. The van der Waals surface area contributed by atoms with Crippen LogP contribution in [0.5, 0.6) is 0 Å². The van der Waals surface area contributed by atoms with Crippen molar-refractivity contribution in [3.63, 3.8) is 0 Å². The molecule has 4 atom stereocenters. The SMILES string of the molecule is CC1(C)O[C@@H]2[C@H](O1)[C@@H](COCc1cc(F)c(F)c(F)c1)O[C@H]2n1c(NCc2ccc(Cl)c(Cl)c2)nc2c(N)ncnc21. The molecule has 4 aromatic rings. The van der Waals surface area contributed by atoms with Gasteiger partial charge >= 0.3 is 0 Å². The average Bonchev–Trinajstić information content (AvgIpc) is 3.57. The Morgan fingerprint density at radius 1 is 1.02 bits per heavy atom. The highest BCUT2D eigenvalue weighted by Crippen LogP contribution is 2.45. The van der Waals surface area contributed by atoms with Gasteiger partial charge in [-0.1, -0.05) is 29.3 Å². The smallest absolute Gasteiger partial charge is 0.207 e. The van der Waals surface area contributed by atoms with Crippen molar-refractivity contribution in [2.75, 3.05) is 17.7 Å². The lowest BCUT2D eigenvalue weighted by molar-refractivity contribution is -0.201. The molecule has 0 aliphatic carbocycles. The van der Waals surface area contributed by atoms with Gasteiger partial charge in [-0.2, -0.15) is 0 Å². The molecule has 0 spiro atoms. The number of nitrogen functional groups attached to an aromatic ring is 1. The van der Waals surface area contributed by atoms with Crippen LogP contribution in [0.3, 0.4) is 0 Å². The van der Waals surface area contributed by atoms with Crippen LogP contribution in [0.25, 0.3) is 11.2 Å². The summed E-state index contributed by atoms with van der Waals surface area (Å²) in [5.41, 5.74) is 7.85. The first-order valence-corrected chi connectivity index (χ1v) is 13.6. The van der Waals surface area contributed by atoms with E-state index in [1.54, 1.807) is 30.5 Å². The highest BCUT2D eigenvalue weighted by Gasteiger charge is 2.56. The third-order valence-electron chi connectivity index (χ3n) is 6.91. The molecule has 0 saturated carbocycles. The Hall–Kier alpha value is -3.20. The topological polar surface area (TPSA) is 119 Å². The van der Waals surface area contributed by atoms with Gasteiger partial charge in [0.2, 0.25) is 5.95 Å². The number of hydrogen-bond acceptors (Lipinski definition) is 9. The number of anilines is 2. The van der Waals surface area contributed by atoms with E-state index in [1.807, 2.05) is 6.07 Å². The molecule has 2 aliphatic rings. The van der Waals surface area contributed by atoms with E-state index >= 15 is 0 Å². The van der Waals surface area contributed by atoms with Gasteiger partial charge in [0.05, 0.1) is 23.3 Å². The van der Waals surface area contributed by atoms with Crippen molar-refractivity contribution in [2.45, 2.75) is 57.3 Å². The minimum atomic E-state index is -1.54. The Balaban J connectivity index is 1.28. The third kappa shape index (κ3) is 5.48. The van der Waals surface area contributed by atoms with Gasteiger partial charge < -0.3 is 30.0 Å². The quantitative estimate of drug-likeness (QED) is 0.249. The maximum Gasteiger partial charge on any atom is 0.207 e. The zero-order chi connectivity index (χ0) is 29.8. The maximum absolute atomic E-state index is 13.7. The number of imidazole rings is 1. The predicted octanol–water partition coefficient (Wildman–Crippen LogP) is 5.38. The van der Waals surface area contributed by atoms with E-state index in [4.69, 9.17) is 47.9 Å². The highest BCUT2D eigenvalue weighted by atomic mass is 35.5. The molecule has 2 fully saturated rings. The van der Waals surface area contributed by atoms with E-state index in [0.717, 1.165) is 17.7 Å². The number of fused-ring (bicyclic) bond motifs is 2. The Kier molecular flexibility index (Phi) is 7.66. The molecule has 0 amide bonds. The number of nitrogens with two attached hydrogens (primary N) is 1. The number of aromatic nitrogens is 4. The molecule has 2 aromatic heterocycles. The van der Waals surface area contributed by atoms with Crippen molar-refractivity contribution in [1.82, 2.24) is 19.5 Å². The lowest BCUT2D eigenvalue weighted by Gasteiger charge is -2.25. The molecule has 2 saturated heterocycles. The van der Waals surface area contributed by atoms with Crippen LogP contribution in [-0.2, 0) is 32.1 Å². The second-order valence-electron chi connectivity index (χ2n) is 10.4. The highest BCUT2D eigenvalue weighted by molar-refractivity contribution is 6.42. The number of rotatable bonds is 8. The Bertz CT molecular complexity index is 1630. The summed E-state index contributed by atoms with van der Waals surface area (Å²) >= 11 is 12.3. The molecule has 0 bridgehead atoms. The molecule has 0 radical (unpaired) electrons. The van der Waals surface area contributed by atoms with Crippen molar-refractivity contribution >= 4 is 46.1 Å². The second kappa shape index (κ2) is 11.1. The fourth-order valence-electron chi connectivity index (χ4n) is 5.11. The van der Waals surface area contributed by atoms with Gasteiger partial charge in [0.25, 0.3) is 0 Å². The maximum atomic E-state index is 13.7. The monoisotopic (exact) mass is 624 g/mol. The number of nitrogens with one attached hydrogen (secondary N) is 1. The van der Waals surface area contributed by atoms with Crippen molar-refractivity contribution in [3.8, 4) is 0 Å². The fourth-order valence-corrected chi connectivity index (χ4v) is 5.43. The molecule has 6 rings (SSSR count). The van der Waals surface area contributed by atoms with Gasteiger partial charge in [-0.15, -0.1) is 0 Å². The molecule has 10 nitrogen and oxygen atoms in total. The van der Waals surface area contributed by atoms with Crippen LogP contribution in [0.1, 0.15) is 31.2 Å². The minimum Gasteiger partial charge on any atom is -0.382 e. The number of ether oxygens (including phenoxy) is 4. The number of nitrogens with zero attached hydrogens (tertiary/aromatic N) is 4. The van der Waals surface area contributed by atoms with Crippen molar-refractivity contribution < 1.29 is 32.1 Å². The summed E-state index contributed by atoms with van der Waals surface area (Å²) in [5, 5.41) is 4.13. The molecular weight excluding hydrogens is 600 g/mol. The summed E-state index contributed by atoms with van der Waals surface area (Å²) in [7, 11) is 0. The van der Waals surface area contributed by atoms with Gasteiger partial charge in [-0.05, 0) is 49.2 Å². The summed E-state index contributed by atoms with van der Waals surface area (Å²) in [5.74, 6) is -4.53. The average molecular weight is 625 g/mol. The van der Waals surface area contributed by atoms with Crippen LogP contribution < -0.4 is 11.1 Å². The van der Waals surface area contributed by atoms with E-state index in [1.165, 1.54) is 6.33 Å². The molecule has 2 aromatic carbocycles. The Morgan fingerprint density at radius 2 is 1.76 bits per heavy atom. The number of hydrogen-bond donors (Lipinski definition) is 2. The van der Waals surface area contributed by atoms with Gasteiger partial charge in [-0.3, -0.25) is 4.57 Å².